The fourth-order valence-corrected chi connectivity index (χ4v) is 2.33. The third kappa shape index (κ3) is 10.3. The summed E-state index contributed by atoms with van der Waals surface area (Å²) in [5.74, 6) is 0.728. The first-order valence-corrected chi connectivity index (χ1v) is 9.46. The molecule has 6 nitrogen and oxygen atoms in total. The minimum atomic E-state index is -2.79. The van der Waals surface area contributed by atoms with Gasteiger partial charge in [-0.1, -0.05) is 38.1 Å². The Bertz CT molecular complexity index is 602. The van der Waals surface area contributed by atoms with Gasteiger partial charge in [-0.2, -0.15) is 0 Å². The molecule has 0 aliphatic rings. The van der Waals surface area contributed by atoms with Gasteiger partial charge >= 0.3 is 33.6 Å². The molecule has 0 spiro atoms. The minimum absolute atomic E-state index is 0. The van der Waals surface area contributed by atoms with Crippen molar-refractivity contribution in [3.63, 3.8) is 0 Å². The first kappa shape index (κ1) is 23.7. The topological polar surface area (TPSA) is 98.7 Å². The van der Waals surface area contributed by atoms with Gasteiger partial charge in [-0.15, -0.1) is 0 Å². The van der Waals surface area contributed by atoms with Gasteiger partial charge in [0, 0.05) is 0 Å². The van der Waals surface area contributed by atoms with E-state index in [4.69, 9.17) is 0 Å². The molecular formula is C16H18CuO6P2+2. The fraction of sp³-hybridized carbons (Fsp3) is 0.250. The van der Waals surface area contributed by atoms with Crippen LogP contribution in [0, 0.1) is 0 Å². The van der Waals surface area contributed by atoms with Gasteiger partial charge in [-0.05, 0) is 57.4 Å². The Hall–Kier alpha value is -1.32. The van der Waals surface area contributed by atoms with E-state index in [9.17, 15) is 18.9 Å². The fourth-order valence-electron chi connectivity index (χ4n) is 1.74. The Kier molecular flexibility index (Phi) is 12.3. The number of hydrogen-bond acceptors (Lipinski definition) is 6. The van der Waals surface area contributed by atoms with E-state index < -0.39 is 16.5 Å². The molecule has 0 N–H and O–H groups in total. The van der Waals surface area contributed by atoms with Crippen molar-refractivity contribution in [1.82, 2.24) is 0 Å². The van der Waals surface area contributed by atoms with Crippen LogP contribution >= 0.6 is 16.5 Å². The Morgan fingerprint density at radius 3 is 1.20 bits per heavy atom. The molecule has 2 aromatic rings. The molecule has 25 heavy (non-hydrogen) atoms. The van der Waals surface area contributed by atoms with E-state index in [2.05, 4.69) is 9.05 Å². The first-order valence-electron chi connectivity index (χ1n) is 7.27. The van der Waals surface area contributed by atoms with Crippen LogP contribution in [0.25, 0.3) is 0 Å². The van der Waals surface area contributed by atoms with Crippen molar-refractivity contribution in [3.05, 3.63) is 59.7 Å². The van der Waals surface area contributed by atoms with Gasteiger partial charge < -0.3 is 9.79 Å². The predicted molar refractivity (Wildman–Crippen MR) is 88.1 cm³/mol. The molecule has 1 radical (unpaired) electrons. The van der Waals surface area contributed by atoms with Gasteiger partial charge in [-0.3, -0.25) is 9.05 Å². The van der Waals surface area contributed by atoms with Crippen LogP contribution < -0.4 is 18.8 Å². The SMILES string of the molecule is CCc1ccc(O[P+](=O)[O-])cc1.CCc1ccc(O[P+](=O)[O-])cc1.[Cu+2]. The van der Waals surface area contributed by atoms with E-state index in [-0.39, 0.29) is 17.1 Å². The maximum atomic E-state index is 10.1. The normalized spacial score (nSPS) is 10.6. The number of hydrogen-bond donors (Lipinski definition) is 0. The summed E-state index contributed by atoms with van der Waals surface area (Å²) in [5.41, 5.74) is 2.31. The molecular weight excluding hydrogens is 414 g/mol. The molecule has 0 amide bonds. The van der Waals surface area contributed by atoms with Crippen molar-refractivity contribution in [2.75, 3.05) is 0 Å². The van der Waals surface area contributed by atoms with E-state index in [1.54, 1.807) is 24.3 Å². The molecule has 0 aliphatic carbocycles. The summed E-state index contributed by atoms with van der Waals surface area (Å²) in [6, 6.07) is 13.9. The average molecular weight is 432 g/mol. The summed E-state index contributed by atoms with van der Waals surface area (Å²) >= 11 is 0. The Morgan fingerprint density at radius 2 is 1.00 bits per heavy atom. The van der Waals surface area contributed by atoms with Crippen molar-refractivity contribution in [1.29, 1.82) is 0 Å². The van der Waals surface area contributed by atoms with Gasteiger partial charge in [0.25, 0.3) is 0 Å². The second-order valence-electron chi connectivity index (χ2n) is 4.62. The van der Waals surface area contributed by atoms with Gasteiger partial charge in [0.05, 0.1) is 0 Å². The summed E-state index contributed by atoms with van der Waals surface area (Å²) in [6.07, 6.45) is 1.87. The second kappa shape index (κ2) is 13.0. The van der Waals surface area contributed by atoms with Crippen molar-refractivity contribution >= 4 is 16.5 Å². The van der Waals surface area contributed by atoms with E-state index in [0.29, 0.717) is 11.5 Å². The molecule has 0 saturated heterocycles. The molecule has 9 heteroatoms. The van der Waals surface area contributed by atoms with Gasteiger partial charge in [0.15, 0.2) is 11.5 Å². The van der Waals surface area contributed by atoms with Gasteiger partial charge in [0.2, 0.25) is 0 Å². The van der Waals surface area contributed by atoms with Crippen molar-refractivity contribution in [2.45, 2.75) is 26.7 Å². The molecule has 2 rings (SSSR count). The molecule has 2 aromatic carbocycles. The molecule has 0 bridgehead atoms. The Labute approximate surface area is 159 Å². The molecule has 2 unspecified atom stereocenters. The van der Waals surface area contributed by atoms with Crippen molar-refractivity contribution in [3.8, 4) is 11.5 Å². The van der Waals surface area contributed by atoms with Crippen LogP contribution in [0.15, 0.2) is 48.5 Å². The van der Waals surface area contributed by atoms with Crippen LogP contribution in [-0.4, -0.2) is 0 Å². The number of benzene rings is 2. The summed E-state index contributed by atoms with van der Waals surface area (Å²) in [4.78, 5) is 20.3. The van der Waals surface area contributed by atoms with E-state index in [1.807, 2.05) is 38.1 Å². The van der Waals surface area contributed by atoms with Crippen LogP contribution in [0.2, 0.25) is 0 Å². The van der Waals surface area contributed by atoms with Crippen LogP contribution in [-0.2, 0) is 39.0 Å². The standard InChI is InChI=1S/2C8H9O3P.Cu/c2*1-2-7-3-5-8(6-4-7)11-12(9)10;/h2*3-6H,2H2,1H3;/q;;+2. The molecule has 137 valence electrons. The largest absolute Gasteiger partial charge is 2.00 e. The second-order valence-corrected chi connectivity index (χ2v) is 5.88. The summed E-state index contributed by atoms with van der Waals surface area (Å²) in [5, 5.41) is 0. The summed E-state index contributed by atoms with van der Waals surface area (Å²) < 4.78 is 29.2. The molecule has 0 fully saturated rings. The quantitative estimate of drug-likeness (QED) is 0.514. The maximum Gasteiger partial charge on any atom is 2.00 e. The number of rotatable bonds is 6. The third-order valence-electron chi connectivity index (χ3n) is 3.02. The Balaban J connectivity index is 0.000000443. The third-order valence-corrected chi connectivity index (χ3v) is 3.74. The van der Waals surface area contributed by atoms with Gasteiger partial charge in [0.1, 0.15) is 0 Å². The van der Waals surface area contributed by atoms with Gasteiger partial charge in [-0.25, -0.2) is 0 Å². The first-order chi connectivity index (χ1) is 11.4. The Morgan fingerprint density at radius 1 is 0.720 bits per heavy atom. The zero-order valence-electron chi connectivity index (χ0n) is 13.7. The van der Waals surface area contributed by atoms with Crippen LogP contribution in [0.1, 0.15) is 25.0 Å². The zero-order valence-corrected chi connectivity index (χ0v) is 16.4. The van der Waals surface area contributed by atoms with Crippen molar-refractivity contribution in [2.24, 2.45) is 0 Å². The van der Waals surface area contributed by atoms with Crippen LogP contribution in [0.4, 0.5) is 0 Å². The van der Waals surface area contributed by atoms with E-state index in [1.165, 1.54) is 0 Å². The predicted octanol–water partition coefficient (Wildman–Crippen LogP) is 3.29. The summed E-state index contributed by atoms with van der Waals surface area (Å²) in [6.45, 7) is 4.06. The van der Waals surface area contributed by atoms with Crippen LogP contribution in [0.5, 0.6) is 11.5 Å². The summed E-state index contributed by atoms with van der Waals surface area (Å²) in [7, 11) is -5.58. The zero-order chi connectivity index (χ0) is 17.9. The monoisotopic (exact) mass is 431 g/mol. The molecule has 0 heterocycles. The molecule has 2 atom stereocenters. The minimum Gasteiger partial charge on any atom is -0.558 e. The smallest absolute Gasteiger partial charge is 0.558 e. The number of aryl methyl sites for hydroxylation is 2. The molecule has 0 aromatic heterocycles. The van der Waals surface area contributed by atoms with Crippen molar-refractivity contribution < 1.29 is 45.0 Å². The van der Waals surface area contributed by atoms with Crippen LogP contribution in [0.3, 0.4) is 0 Å². The molecule has 0 saturated carbocycles. The maximum absolute atomic E-state index is 10.1. The molecule has 0 aliphatic heterocycles. The average Bonchev–Trinajstić information content (AvgIpc) is 2.56. The van der Waals surface area contributed by atoms with E-state index >= 15 is 0 Å². The van der Waals surface area contributed by atoms with E-state index in [0.717, 1.165) is 24.0 Å².